The highest BCUT2D eigenvalue weighted by atomic mass is 16.6. The maximum Gasteiger partial charge on any atom is 0.269 e. The molecule has 6 heteroatoms. The summed E-state index contributed by atoms with van der Waals surface area (Å²) in [6, 6.07) is 14.6. The number of hydrogen-bond donors (Lipinski definition) is 2. The molecular formula is C15H15N3O3. The summed E-state index contributed by atoms with van der Waals surface area (Å²) in [4.78, 5) is 21.9. The van der Waals surface area contributed by atoms with E-state index in [0.717, 1.165) is 5.56 Å². The second kappa shape index (κ2) is 6.62. The lowest BCUT2D eigenvalue weighted by Crippen LogP contribution is -2.20. The highest BCUT2D eigenvalue weighted by molar-refractivity contribution is 5.91. The molecule has 0 aliphatic carbocycles. The normalized spacial score (nSPS) is 11.7. The molecule has 1 amide bonds. The second-order valence-corrected chi connectivity index (χ2v) is 4.57. The van der Waals surface area contributed by atoms with Crippen LogP contribution in [0.1, 0.15) is 18.0 Å². The maximum atomic E-state index is 11.9. The second-order valence-electron chi connectivity index (χ2n) is 4.57. The van der Waals surface area contributed by atoms with Gasteiger partial charge in [0.1, 0.15) is 0 Å². The molecule has 6 nitrogen and oxygen atoms in total. The lowest BCUT2D eigenvalue weighted by atomic mass is 10.0. The molecule has 0 saturated heterocycles. The Labute approximate surface area is 121 Å². The minimum Gasteiger partial charge on any atom is -0.326 e. The van der Waals surface area contributed by atoms with Gasteiger partial charge < -0.3 is 11.1 Å². The molecule has 3 N–H and O–H groups in total. The molecule has 0 spiro atoms. The number of nitrogens with one attached hydrogen (secondary N) is 1. The first-order chi connectivity index (χ1) is 10.1. The topological polar surface area (TPSA) is 98.3 Å². The number of amides is 1. The van der Waals surface area contributed by atoms with Gasteiger partial charge in [-0.25, -0.2) is 0 Å². The molecule has 0 fully saturated rings. The third kappa shape index (κ3) is 4.12. The molecule has 0 bridgehead atoms. The van der Waals surface area contributed by atoms with Crippen LogP contribution in [-0.4, -0.2) is 10.8 Å². The molecule has 108 valence electrons. The van der Waals surface area contributed by atoms with E-state index in [0.29, 0.717) is 5.69 Å². The average molecular weight is 285 g/mol. The summed E-state index contributed by atoms with van der Waals surface area (Å²) in [6.45, 7) is 0. The SMILES string of the molecule is NC(CC(=O)Nc1ccc([N+](=O)[O-])cc1)c1ccccc1. The largest absolute Gasteiger partial charge is 0.326 e. The number of carbonyl (C=O) groups is 1. The first-order valence-corrected chi connectivity index (χ1v) is 6.41. The number of nitro benzene ring substituents is 1. The molecule has 0 saturated carbocycles. The summed E-state index contributed by atoms with van der Waals surface area (Å²) in [5.41, 5.74) is 7.33. The fraction of sp³-hybridized carbons (Fsp3) is 0.133. The zero-order chi connectivity index (χ0) is 15.2. The van der Waals surface area contributed by atoms with E-state index in [1.54, 1.807) is 0 Å². The van der Waals surface area contributed by atoms with Gasteiger partial charge >= 0.3 is 0 Å². The minimum atomic E-state index is -0.489. The zero-order valence-electron chi connectivity index (χ0n) is 11.2. The van der Waals surface area contributed by atoms with Crippen LogP contribution in [0.4, 0.5) is 11.4 Å². The van der Waals surface area contributed by atoms with Gasteiger partial charge in [-0.15, -0.1) is 0 Å². The Hall–Kier alpha value is -2.73. The maximum absolute atomic E-state index is 11.9. The molecule has 21 heavy (non-hydrogen) atoms. The van der Waals surface area contributed by atoms with Crippen LogP contribution in [0.5, 0.6) is 0 Å². The smallest absolute Gasteiger partial charge is 0.269 e. The Morgan fingerprint density at radius 1 is 1.14 bits per heavy atom. The Morgan fingerprint density at radius 2 is 1.76 bits per heavy atom. The molecule has 0 aliphatic heterocycles. The first-order valence-electron chi connectivity index (χ1n) is 6.41. The first kappa shape index (κ1) is 14.7. The summed E-state index contributed by atoms with van der Waals surface area (Å²) < 4.78 is 0. The molecule has 0 aromatic heterocycles. The van der Waals surface area contributed by atoms with E-state index < -0.39 is 4.92 Å². The van der Waals surface area contributed by atoms with Crippen molar-refractivity contribution in [3.63, 3.8) is 0 Å². The number of carbonyl (C=O) groups excluding carboxylic acids is 1. The standard InChI is InChI=1S/C15H15N3O3/c16-14(11-4-2-1-3-5-11)10-15(19)17-12-6-8-13(9-7-12)18(20)21/h1-9,14H,10,16H2,(H,17,19). The number of anilines is 1. The van der Waals surface area contributed by atoms with E-state index in [1.807, 2.05) is 30.3 Å². The predicted molar refractivity (Wildman–Crippen MR) is 79.7 cm³/mol. The van der Waals surface area contributed by atoms with Gasteiger partial charge in [0.15, 0.2) is 0 Å². The molecular weight excluding hydrogens is 270 g/mol. The van der Waals surface area contributed by atoms with Crippen molar-refractivity contribution in [2.45, 2.75) is 12.5 Å². The third-order valence-corrected chi connectivity index (χ3v) is 2.99. The molecule has 0 radical (unpaired) electrons. The van der Waals surface area contributed by atoms with E-state index in [-0.39, 0.29) is 24.1 Å². The van der Waals surface area contributed by atoms with Crippen molar-refractivity contribution in [2.24, 2.45) is 5.73 Å². The van der Waals surface area contributed by atoms with Crippen molar-refractivity contribution < 1.29 is 9.72 Å². The number of nitro groups is 1. The van der Waals surface area contributed by atoms with Gasteiger partial charge in [0, 0.05) is 30.3 Å². The van der Waals surface area contributed by atoms with Gasteiger partial charge in [0.2, 0.25) is 5.91 Å². The summed E-state index contributed by atoms with van der Waals surface area (Å²) in [7, 11) is 0. The fourth-order valence-electron chi connectivity index (χ4n) is 1.90. The van der Waals surface area contributed by atoms with Gasteiger partial charge in [-0.2, -0.15) is 0 Å². The van der Waals surface area contributed by atoms with Crippen molar-refractivity contribution >= 4 is 17.3 Å². The number of nitrogens with two attached hydrogens (primary N) is 1. The van der Waals surface area contributed by atoms with Crippen LogP contribution < -0.4 is 11.1 Å². The highest BCUT2D eigenvalue weighted by Gasteiger charge is 2.12. The summed E-state index contributed by atoms with van der Waals surface area (Å²) in [6.07, 6.45) is 0.140. The zero-order valence-corrected chi connectivity index (χ0v) is 11.2. The summed E-state index contributed by atoms with van der Waals surface area (Å²) in [5.74, 6) is -0.236. The van der Waals surface area contributed by atoms with E-state index in [2.05, 4.69) is 5.32 Å². The minimum absolute atomic E-state index is 0.0195. The van der Waals surface area contributed by atoms with Gasteiger partial charge in [0.25, 0.3) is 5.69 Å². The van der Waals surface area contributed by atoms with E-state index in [1.165, 1.54) is 24.3 Å². The van der Waals surface area contributed by atoms with Gasteiger partial charge in [0.05, 0.1) is 4.92 Å². The lowest BCUT2D eigenvalue weighted by molar-refractivity contribution is -0.384. The van der Waals surface area contributed by atoms with Crippen molar-refractivity contribution in [2.75, 3.05) is 5.32 Å². The summed E-state index contributed by atoms with van der Waals surface area (Å²) >= 11 is 0. The number of rotatable bonds is 5. The quantitative estimate of drug-likeness (QED) is 0.651. The van der Waals surface area contributed by atoms with Gasteiger partial charge in [-0.3, -0.25) is 14.9 Å². The Balaban J connectivity index is 1.94. The summed E-state index contributed by atoms with van der Waals surface area (Å²) in [5, 5.41) is 13.2. The molecule has 1 unspecified atom stereocenters. The van der Waals surface area contributed by atoms with Crippen LogP contribution in [0, 0.1) is 10.1 Å². The van der Waals surface area contributed by atoms with Crippen molar-refractivity contribution in [3.05, 3.63) is 70.3 Å². The molecule has 1 atom stereocenters. The third-order valence-electron chi connectivity index (χ3n) is 2.99. The highest BCUT2D eigenvalue weighted by Crippen LogP contribution is 2.17. The molecule has 0 aliphatic rings. The lowest BCUT2D eigenvalue weighted by Gasteiger charge is -2.12. The molecule has 2 rings (SSSR count). The van der Waals surface area contributed by atoms with Crippen LogP contribution in [0.25, 0.3) is 0 Å². The van der Waals surface area contributed by atoms with E-state index in [9.17, 15) is 14.9 Å². The Kier molecular flexibility index (Phi) is 4.63. The van der Waals surface area contributed by atoms with Crippen LogP contribution in [0.3, 0.4) is 0 Å². The van der Waals surface area contributed by atoms with Crippen LogP contribution in [0.15, 0.2) is 54.6 Å². The van der Waals surface area contributed by atoms with E-state index in [4.69, 9.17) is 5.73 Å². The van der Waals surface area contributed by atoms with Crippen molar-refractivity contribution in [3.8, 4) is 0 Å². The van der Waals surface area contributed by atoms with Gasteiger partial charge in [-0.1, -0.05) is 30.3 Å². The number of hydrogen-bond acceptors (Lipinski definition) is 4. The Morgan fingerprint density at radius 3 is 2.33 bits per heavy atom. The monoisotopic (exact) mass is 285 g/mol. The molecule has 2 aromatic rings. The van der Waals surface area contributed by atoms with Crippen LogP contribution in [-0.2, 0) is 4.79 Å². The average Bonchev–Trinajstić information content (AvgIpc) is 2.48. The molecule has 0 heterocycles. The molecule has 2 aromatic carbocycles. The Bertz CT molecular complexity index is 626. The number of nitrogens with zero attached hydrogens (tertiary/aromatic N) is 1. The van der Waals surface area contributed by atoms with Crippen LogP contribution in [0.2, 0.25) is 0 Å². The fourth-order valence-corrected chi connectivity index (χ4v) is 1.90. The van der Waals surface area contributed by atoms with E-state index >= 15 is 0 Å². The predicted octanol–water partition coefficient (Wildman–Crippen LogP) is 2.62. The van der Waals surface area contributed by atoms with Crippen molar-refractivity contribution in [1.82, 2.24) is 0 Å². The van der Waals surface area contributed by atoms with Gasteiger partial charge in [-0.05, 0) is 17.7 Å². The van der Waals surface area contributed by atoms with Crippen molar-refractivity contribution in [1.29, 1.82) is 0 Å². The van der Waals surface area contributed by atoms with Crippen LogP contribution >= 0.6 is 0 Å². The number of benzene rings is 2. The number of non-ortho nitro benzene ring substituents is 1.